The van der Waals surface area contributed by atoms with E-state index in [1.807, 2.05) is 0 Å². The SMILES string of the molecule is COC(=O)c1cc(NC(=O)[C@H]2CC=CC[C@@H]2C(=O)[O-])cc(C(=O)OC)c1. The second kappa shape index (κ2) is 8.28. The summed E-state index contributed by atoms with van der Waals surface area (Å²) in [6, 6.07) is 3.95. The average molecular weight is 360 g/mol. The molecule has 0 aliphatic heterocycles. The summed E-state index contributed by atoms with van der Waals surface area (Å²) < 4.78 is 9.26. The van der Waals surface area contributed by atoms with Gasteiger partial charge in [-0.25, -0.2) is 9.59 Å². The average Bonchev–Trinajstić information content (AvgIpc) is 2.66. The van der Waals surface area contributed by atoms with Crippen LogP contribution in [0, 0.1) is 11.8 Å². The number of ether oxygens (including phenoxy) is 2. The number of anilines is 1. The van der Waals surface area contributed by atoms with E-state index >= 15 is 0 Å². The zero-order valence-corrected chi connectivity index (χ0v) is 14.3. The van der Waals surface area contributed by atoms with Crippen molar-refractivity contribution in [2.45, 2.75) is 12.8 Å². The maximum absolute atomic E-state index is 12.5. The van der Waals surface area contributed by atoms with E-state index in [2.05, 4.69) is 14.8 Å². The number of aliphatic carboxylic acids is 1. The normalized spacial score (nSPS) is 18.7. The van der Waals surface area contributed by atoms with Gasteiger partial charge in [-0.1, -0.05) is 12.2 Å². The number of methoxy groups -OCH3 is 2. The van der Waals surface area contributed by atoms with Crippen LogP contribution in [0.4, 0.5) is 5.69 Å². The number of nitrogens with one attached hydrogen (secondary N) is 1. The van der Waals surface area contributed by atoms with E-state index in [4.69, 9.17) is 0 Å². The van der Waals surface area contributed by atoms with Crippen molar-refractivity contribution in [2.75, 3.05) is 19.5 Å². The highest BCUT2D eigenvalue weighted by atomic mass is 16.5. The molecular formula is C18H18NO7-. The van der Waals surface area contributed by atoms with Gasteiger partial charge in [-0.3, -0.25) is 4.79 Å². The van der Waals surface area contributed by atoms with Gasteiger partial charge in [-0.15, -0.1) is 0 Å². The third kappa shape index (κ3) is 4.27. The number of benzene rings is 1. The third-order valence-corrected chi connectivity index (χ3v) is 4.11. The molecule has 26 heavy (non-hydrogen) atoms. The van der Waals surface area contributed by atoms with Crippen LogP contribution in [-0.2, 0) is 19.1 Å². The monoisotopic (exact) mass is 360 g/mol. The van der Waals surface area contributed by atoms with Crippen LogP contribution in [0.1, 0.15) is 33.6 Å². The molecule has 1 N–H and O–H groups in total. The van der Waals surface area contributed by atoms with Gasteiger partial charge in [-0.05, 0) is 31.0 Å². The van der Waals surface area contributed by atoms with Crippen molar-refractivity contribution in [3.05, 3.63) is 41.5 Å². The smallest absolute Gasteiger partial charge is 0.337 e. The Hall–Kier alpha value is -3.16. The van der Waals surface area contributed by atoms with Gasteiger partial charge in [0.1, 0.15) is 0 Å². The number of carboxylic acids is 1. The van der Waals surface area contributed by atoms with Crippen molar-refractivity contribution >= 4 is 29.5 Å². The molecule has 0 saturated carbocycles. The maximum Gasteiger partial charge on any atom is 0.337 e. The second-order valence-corrected chi connectivity index (χ2v) is 5.75. The van der Waals surface area contributed by atoms with Crippen molar-refractivity contribution in [3.8, 4) is 0 Å². The summed E-state index contributed by atoms with van der Waals surface area (Å²) >= 11 is 0. The van der Waals surface area contributed by atoms with E-state index in [1.165, 1.54) is 32.4 Å². The summed E-state index contributed by atoms with van der Waals surface area (Å²) in [4.78, 5) is 47.3. The van der Waals surface area contributed by atoms with Crippen molar-refractivity contribution in [1.29, 1.82) is 0 Å². The molecular weight excluding hydrogens is 342 g/mol. The van der Waals surface area contributed by atoms with Crippen molar-refractivity contribution in [2.24, 2.45) is 11.8 Å². The molecule has 2 atom stereocenters. The molecule has 8 heteroatoms. The summed E-state index contributed by atoms with van der Waals surface area (Å²) in [7, 11) is 2.37. The summed E-state index contributed by atoms with van der Waals surface area (Å²) in [5.41, 5.74) is 0.251. The van der Waals surface area contributed by atoms with Crippen LogP contribution >= 0.6 is 0 Å². The molecule has 2 rings (SSSR count). The van der Waals surface area contributed by atoms with Gasteiger partial charge in [0.25, 0.3) is 0 Å². The molecule has 1 aliphatic carbocycles. The highest BCUT2D eigenvalue weighted by Crippen LogP contribution is 2.27. The van der Waals surface area contributed by atoms with Crippen LogP contribution in [-0.4, -0.2) is 38.0 Å². The summed E-state index contributed by atoms with van der Waals surface area (Å²) in [6.45, 7) is 0. The molecule has 8 nitrogen and oxygen atoms in total. The first-order valence-corrected chi connectivity index (χ1v) is 7.85. The lowest BCUT2D eigenvalue weighted by Crippen LogP contribution is -2.41. The fourth-order valence-electron chi connectivity index (χ4n) is 2.77. The van der Waals surface area contributed by atoms with E-state index in [0.29, 0.717) is 0 Å². The molecule has 0 bridgehead atoms. The van der Waals surface area contributed by atoms with E-state index in [1.54, 1.807) is 12.2 Å². The van der Waals surface area contributed by atoms with Gasteiger partial charge >= 0.3 is 11.9 Å². The number of allylic oxidation sites excluding steroid dienone is 2. The molecule has 0 heterocycles. The number of hydrogen-bond donors (Lipinski definition) is 1. The molecule has 1 aromatic carbocycles. The summed E-state index contributed by atoms with van der Waals surface area (Å²) in [6.07, 6.45) is 3.88. The van der Waals surface area contributed by atoms with E-state index < -0.39 is 35.7 Å². The molecule has 0 fully saturated rings. The predicted octanol–water partition coefficient (Wildman–Crippen LogP) is 0.531. The minimum atomic E-state index is -1.30. The molecule has 1 amide bonds. The van der Waals surface area contributed by atoms with E-state index in [0.717, 1.165) is 0 Å². The van der Waals surface area contributed by atoms with Crippen LogP contribution in [0.3, 0.4) is 0 Å². The molecule has 0 spiro atoms. The largest absolute Gasteiger partial charge is 0.550 e. The minimum absolute atomic E-state index is 0.0469. The van der Waals surface area contributed by atoms with Crippen molar-refractivity contribution in [3.63, 3.8) is 0 Å². The minimum Gasteiger partial charge on any atom is -0.550 e. The Balaban J connectivity index is 2.30. The lowest BCUT2D eigenvalue weighted by molar-refractivity contribution is -0.313. The van der Waals surface area contributed by atoms with Crippen molar-refractivity contribution < 1.29 is 33.8 Å². The topological polar surface area (TPSA) is 122 Å². The van der Waals surface area contributed by atoms with Gasteiger partial charge in [0.05, 0.1) is 31.3 Å². The summed E-state index contributed by atoms with van der Waals surface area (Å²) in [5, 5.41) is 13.8. The maximum atomic E-state index is 12.5. The Morgan fingerprint density at radius 1 is 0.923 bits per heavy atom. The molecule has 1 aliphatic rings. The lowest BCUT2D eigenvalue weighted by Gasteiger charge is -2.28. The first kappa shape index (κ1) is 19.2. The number of rotatable bonds is 5. The lowest BCUT2D eigenvalue weighted by atomic mass is 9.82. The van der Waals surface area contributed by atoms with E-state index in [-0.39, 0.29) is 29.7 Å². The number of carbonyl (C=O) groups excluding carboxylic acids is 4. The van der Waals surface area contributed by atoms with Gasteiger partial charge < -0.3 is 24.7 Å². The number of carboxylic acid groups (broad SMARTS) is 1. The van der Waals surface area contributed by atoms with Gasteiger partial charge in [0.15, 0.2) is 0 Å². The Kier molecular flexibility index (Phi) is 6.11. The predicted molar refractivity (Wildman–Crippen MR) is 88.1 cm³/mol. The second-order valence-electron chi connectivity index (χ2n) is 5.75. The molecule has 0 radical (unpaired) electrons. The first-order valence-electron chi connectivity index (χ1n) is 7.85. The quantitative estimate of drug-likeness (QED) is 0.600. The van der Waals surface area contributed by atoms with Crippen LogP contribution in [0.25, 0.3) is 0 Å². The van der Waals surface area contributed by atoms with Crippen LogP contribution < -0.4 is 10.4 Å². The zero-order valence-electron chi connectivity index (χ0n) is 14.3. The molecule has 0 unspecified atom stereocenters. The molecule has 0 saturated heterocycles. The third-order valence-electron chi connectivity index (χ3n) is 4.11. The Morgan fingerprint density at radius 2 is 1.42 bits per heavy atom. The van der Waals surface area contributed by atoms with Gasteiger partial charge in [0.2, 0.25) is 5.91 Å². The summed E-state index contributed by atoms with van der Waals surface area (Å²) in [5.74, 6) is -4.98. The molecule has 138 valence electrons. The van der Waals surface area contributed by atoms with Crippen LogP contribution in [0.2, 0.25) is 0 Å². The Labute approximate surface area is 149 Å². The van der Waals surface area contributed by atoms with Gasteiger partial charge in [-0.2, -0.15) is 0 Å². The number of amides is 1. The van der Waals surface area contributed by atoms with Crippen LogP contribution in [0.5, 0.6) is 0 Å². The number of carbonyl (C=O) groups is 4. The Morgan fingerprint density at radius 3 is 1.88 bits per heavy atom. The highest BCUT2D eigenvalue weighted by Gasteiger charge is 2.30. The highest BCUT2D eigenvalue weighted by molar-refractivity contribution is 6.00. The standard InChI is InChI=1S/C18H19NO7/c1-25-17(23)10-7-11(18(24)26-2)9-12(8-10)19-15(20)13-5-3-4-6-14(13)16(21)22/h3-4,7-9,13-14H,5-6H2,1-2H3,(H,19,20)(H,21,22)/p-1/t13-,14-/m0/s1. The first-order chi connectivity index (χ1) is 12.4. The molecule has 0 aromatic heterocycles. The zero-order chi connectivity index (χ0) is 19.3. The Bertz CT molecular complexity index is 735. The fraction of sp³-hybridized carbons (Fsp3) is 0.333. The molecule has 1 aromatic rings. The number of esters is 2. The van der Waals surface area contributed by atoms with E-state index in [9.17, 15) is 24.3 Å². The number of hydrogen-bond acceptors (Lipinski definition) is 7. The van der Waals surface area contributed by atoms with Crippen LogP contribution in [0.15, 0.2) is 30.4 Å². The fourth-order valence-corrected chi connectivity index (χ4v) is 2.77. The van der Waals surface area contributed by atoms with Crippen molar-refractivity contribution in [1.82, 2.24) is 0 Å². The van der Waals surface area contributed by atoms with Gasteiger partial charge in [0, 0.05) is 17.6 Å².